The fourth-order valence-electron chi connectivity index (χ4n) is 4.63. The van der Waals surface area contributed by atoms with Crippen molar-refractivity contribution >= 4 is 22.5 Å². The highest BCUT2D eigenvalue weighted by atomic mass is 16.2. The number of rotatable bonds is 4. The van der Waals surface area contributed by atoms with Crippen molar-refractivity contribution in [2.24, 2.45) is 0 Å². The van der Waals surface area contributed by atoms with Gasteiger partial charge < -0.3 is 9.88 Å². The van der Waals surface area contributed by atoms with E-state index in [9.17, 15) is 4.79 Å². The zero-order chi connectivity index (χ0) is 20.3. The number of carbonyl (C=O) groups is 1. The molecule has 4 heterocycles. The van der Waals surface area contributed by atoms with Crippen molar-refractivity contribution in [2.75, 3.05) is 26.2 Å². The first-order valence-corrected chi connectivity index (χ1v) is 11.0. The molecule has 5 nitrogen and oxygen atoms in total. The van der Waals surface area contributed by atoms with Crippen LogP contribution in [0.2, 0.25) is 0 Å². The van der Waals surface area contributed by atoms with E-state index in [0.717, 1.165) is 36.1 Å². The second-order valence-electron chi connectivity index (χ2n) is 8.37. The number of piperidine rings is 1. The van der Waals surface area contributed by atoms with Crippen LogP contribution in [0.3, 0.4) is 0 Å². The van der Waals surface area contributed by atoms with Gasteiger partial charge in [0, 0.05) is 48.5 Å². The Bertz CT molecular complexity index is 1060. The number of amides is 1. The van der Waals surface area contributed by atoms with Crippen LogP contribution in [0.5, 0.6) is 0 Å². The average molecular weight is 401 g/mol. The van der Waals surface area contributed by atoms with Crippen molar-refractivity contribution in [2.45, 2.75) is 32.2 Å². The molecule has 0 saturated carbocycles. The van der Waals surface area contributed by atoms with Gasteiger partial charge in [-0.05, 0) is 67.8 Å². The van der Waals surface area contributed by atoms with Crippen molar-refractivity contribution in [3.63, 3.8) is 0 Å². The smallest absolute Gasteiger partial charge is 0.254 e. The van der Waals surface area contributed by atoms with Gasteiger partial charge in [-0.3, -0.25) is 9.69 Å². The Morgan fingerprint density at radius 2 is 1.87 bits per heavy atom. The van der Waals surface area contributed by atoms with Crippen molar-refractivity contribution in [1.82, 2.24) is 19.8 Å². The van der Waals surface area contributed by atoms with Crippen LogP contribution in [0.1, 0.15) is 47.2 Å². The van der Waals surface area contributed by atoms with E-state index in [0.29, 0.717) is 6.54 Å². The van der Waals surface area contributed by atoms with Crippen LogP contribution in [0.15, 0.2) is 54.9 Å². The maximum absolute atomic E-state index is 13.0. The summed E-state index contributed by atoms with van der Waals surface area (Å²) in [4.78, 5) is 25.0. The second kappa shape index (κ2) is 8.44. The highest BCUT2D eigenvalue weighted by Crippen LogP contribution is 2.28. The van der Waals surface area contributed by atoms with Crippen molar-refractivity contribution in [1.29, 1.82) is 0 Å². The summed E-state index contributed by atoms with van der Waals surface area (Å²) in [5.41, 5.74) is 5.48. The molecule has 154 valence electrons. The van der Waals surface area contributed by atoms with E-state index in [1.807, 2.05) is 29.3 Å². The summed E-state index contributed by atoms with van der Waals surface area (Å²) in [6, 6.07) is 12.3. The predicted molar refractivity (Wildman–Crippen MR) is 120 cm³/mol. The normalized spacial score (nSPS) is 17.9. The highest BCUT2D eigenvalue weighted by molar-refractivity contribution is 5.95. The van der Waals surface area contributed by atoms with E-state index >= 15 is 0 Å². The van der Waals surface area contributed by atoms with Crippen LogP contribution in [-0.4, -0.2) is 51.9 Å². The zero-order valence-corrected chi connectivity index (χ0v) is 17.3. The lowest BCUT2D eigenvalue weighted by molar-refractivity contribution is 0.0773. The number of hydrogen-bond acceptors (Lipinski definition) is 3. The Kier molecular flexibility index (Phi) is 5.37. The maximum Gasteiger partial charge on any atom is 0.254 e. The Morgan fingerprint density at radius 1 is 1.03 bits per heavy atom. The van der Waals surface area contributed by atoms with Crippen LogP contribution < -0.4 is 0 Å². The molecule has 2 aliphatic rings. The Balaban J connectivity index is 1.24. The van der Waals surface area contributed by atoms with E-state index in [2.05, 4.69) is 39.1 Å². The molecule has 5 heteroatoms. The average Bonchev–Trinajstić information content (AvgIpc) is 3.24. The third kappa shape index (κ3) is 3.90. The minimum atomic E-state index is 0.121. The number of aromatic nitrogens is 2. The number of likely N-dealkylation sites (tertiary alicyclic amines) is 1. The minimum Gasteiger partial charge on any atom is -0.346 e. The van der Waals surface area contributed by atoms with Crippen molar-refractivity contribution in [3.8, 4) is 0 Å². The number of hydrogen-bond donors (Lipinski definition) is 1. The second-order valence-corrected chi connectivity index (χ2v) is 8.37. The molecule has 3 aromatic rings. The van der Waals surface area contributed by atoms with E-state index < -0.39 is 0 Å². The van der Waals surface area contributed by atoms with Crippen LogP contribution in [0.25, 0.3) is 16.6 Å². The lowest BCUT2D eigenvalue weighted by atomic mass is 9.99. The van der Waals surface area contributed by atoms with E-state index in [1.165, 1.54) is 49.1 Å². The fraction of sp³-hybridized carbons (Fsp3) is 0.360. The summed E-state index contributed by atoms with van der Waals surface area (Å²) in [6.45, 7) is 4.76. The number of H-pyrrole nitrogens is 1. The fourth-order valence-corrected chi connectivity index (χ4v) is 4.63. The number of nitrogens with zero attached hydrogens (tertiary/aromatic N) is 3. The van der Waals surface area contributed by atoms with Crippen LogP contribution >= 0.6 is 0 Å². The summed E-state index contributed by atoms with van der Waals surface area (Å²) < 4.78 is 0. The molecule has 1 N–H and O–H groups in total. The first kappa shape index (κ1) is 19.1. The highest BCUT2D eigenvalue weighted by Gasteiger charge is 2.21. The quantitative estimate of drug-likeness (QED) is 0.703. The molecule has 0 spiro atoms. The molecule has 2 aromatic heterocycles. The lowest BCUT2D eigenvalue weighted by Gasteiger charge is -2.27. The molecule has 1 saturated heterocycles. The Labute approximate surface area is 177 Å². The number of carbonyl (C=O) groups excluding carboxylic acids is 1. The number of benzene rings is 1. The van der Waals surface area contributed by atoms with Gasteiger partial charge >= 0.3 is 0 Å². The molecule has 0 atom stereocenters. The van der Waals surface area contributed by atoms with E-state index in [-0.39, 0.29) is 5.91 Å². The van der Waals surface area contributed by atoms with Gasteiger partial charge in [0.1, 0.15) is 5.65 Å². The summed E-state index contributed by atoms with van der Waals surface area (Å²) in [5, 5.41) is 1.15. The van der Waals surface area contributed by atoms with Gasteiger partial charge in [-0.15, -0.1) is 0 Å². The van der Waals surface area contributed by atoms with Crippen molar-refractivity contribution < 1.29 is 4.79 Å². The van der Waals surface area contributed by atoms with Crippen molar-refractivity contribution in [3.05, 3.63) is 71.6 Å². The molecule has 1 amide bonds. The zero-order valence-electron chi connectivity index (χ0n) is 17.3. The van der Waals surface area contributed by atoms with Gasteiger partial charge in [0.2, 0.25) is 0 Å². The van der Waals surface area contributed by atoms with Gasteiger partial charge in [0.05, 0.1) is 0 Å². The molecular weight excluding hydrogens is 372 g/mol. The first-order valence-electron chi connectivity index (χ1n) is 11.0. The molecular formula is C25H28N4O. The molecule has 1 aromatic carbocycles. The molecule has 0 aliphatic carbocycles. The van der Waals surface area contributed by atoms with Crippen LogP contribution in [-0.2, 0) is 6.54 Å². The van der Waals surface area contributed by atoms with Gasteiger partial charge in [-0.2, -0.15) is 0 Å². The molecule has 5 rings (SSSR count). The molecule has 0 bridgehead atoms. The third-order valence-electron chi connectivity index (χ3n) is 6.35. The molecule has 0 radical (unpaired) electrons. The molecule has 30 heavy (non-hydrogen) atoms. The Hall–Kier alpha value is -2.92. The van der Waals surface area contributed by atoms with Crippen LogP contribution in [0, 0.1) is 0 Å². The monoisotopic (exact) mass is 400 g/mol. The van der Waals surface area contributed by atoms with E-state index in [1.54, 1.807) is 6.20 Å². The molecule has 1 fully saturated rings. The molecule has 0 unspecified atom stereocenters. The van der Waals surface area contributed by atoms with E-state index in [4.69, 9.17) is 0 Å². The standard InChI is InChI=1S/C25H28N4O/c30-25(21-8-6-19(7-9-21)18-28-13-2-1-3-14-28)29-15-10-20(11-16-29)23-17-27-24-22(23)5-4-12-26-24/h4-10,12,17H,1-3,11,13-16,18H2,(H,26,27). The number of nitrogens with one attached hydrogen (secondary N) is 1. The summed E-state index contributed by atoms with van der Waals surface area (Å²) in [6.07, 6.45) is 10.8. The maximum atomic E-state index is 13.0. The van der Waals surface area contributed by atoms with Crippen LogP contribution in [0.4, 0.5) is 0 Å². The topological polar surface area (TPSA) is 52.2 Å². The predicted octanol–water partition coefficient (Wildman–Crippen LogP) is 4.48. The summed E-state index contributed by atoms with van der Waals surface area (Å²) in [5.74, 6) is 0.121. The lowest BCUT2D eigenvalue weighted by Crippen LogP contribution is -2.34. The van der Waals surface area contributed by atoms with Gasteiger partial charge in [-0.1, -0.05) is 24.6 Å². The van der Waals surface area contributed by atoms with Gasteiger partial charge in [-0.25, -0.2) is 4.98 Å². The summed E-state index contributed by atoms with van der Waals surface area (Å²) in [7, 11) is 0. The number of aromatic amines is 1. The number of fused-ring (bicyclic) bond motifs is 1. The minimum absolute atomic E-state index is 0.121. The van der Waals surface area contributed by atoms with Gasteiger partial charge in [0.25, 0.3) is 5.91 Å². The summed E-state index contributed by atoms with van der Waals surface area (Å²) >= 11 is 0. The molecule has 2 aliphatic heterocycles. The third-order valence-corrected chi connectivity index (χ3v) is 6.35. The largest absolute Gasteiger partial charge is 0.346 e. The Morgan fingerprint density at radius 3 is 2.63 bits per heavy atom. The van der Waals surface area contributed by atoms with Gasteiger partial charge in [0.15, 0.2) is 0 Å². The SMILES string of the molecule is O=C(c1ccc(CN2CCCCC2)cc1)N1CC=C(c2c[nH]c3ncccc23)CC1. The first-order chi connectivity index (χ1) is 14.8. The number of pyridine rings is 1.